The average molecular weight is 631 g/mol. The third-order valence-electron chi connectivity index (χ3n) is 7.42. The molecule has 2 N–H and O–H groups in total. The van der Waals surface area contributed by atoms with Crippen molar-refractivity contribution in [2.45, 2.75) is 32.6 Å². The monoisotopic (exact) mass is 630 g/mol. The minimum atomic E-state index is -0.148. The molecule has 45 heavy (non-hydrogen) atoms. The number of nitrogens with one attached hydrogen (secondary N) is 2. The van der Waals surface area contributed by atoms with Crippen molar-refractivity contribution < 1.29 is 19.2 Å². The van der Waals surface area contributed by atoms with Crippen LogP contribution in [0.3, 0.4) is 0 Å². The van der Waals surface area contributed by atoms with Crippen molar-refractivity contribution in [3.63, 3.8) is 0 Å². The van der Waals surface area contributed by atoms with E-state index in [4.69, 9.17) is 0 Å². The van der Waals surface area contributed by atoms with Gasteiger partial charge in [0, 0.05) is 67.4 Å². The quantitative estimate of drug-likeness (QED) is 0.208. The van der Waals surface area contributed by atoms with E-state index in [1.165, 1.54) is 17.4 Å². The number of pyridine rings is 1. The maximum atomic E-state index is 12.9. The maximum absolute atomic E-state index is 12.9. The van der Waals surface area contributed by atoms with Crippen LogP contribution >= 0.6 is 11.3 Å². The minimum Gasteiger partial charge on any atom is -0.356 e. The number of piperazine rings is 1. The molecular formula is C34H42N6O4S. The van der Waals surface area contributed by atoms with Gasteiger partial charge in [0.1, 0.15) is 6.54 Å². The number of anilines is 1. The number of unbranched alkanes of at least 4 members (excludes halogenated alkanes) is 1. The Morgan fingerprint density at radius 3 is 2.53 bits per heavy atom. The molecule has 3 aromatic rings. The lowest BCUT2D eigenvalue weighted by Gasteiger charge is -2.33. The number of carbonyl (C=O) groups excluding carboxylic acids is 4. The van der Waals surface area contributed by atoms with Gasteiger partial charge in [0.2, 0.25) is 17.7 Å². The Bertz CT molecular complexity index is 1520. The van der Waals surface area contributed by atoms with Crippen LogP contribution in [0.5, 0.6) is 0 Å². The van der Waals surface area contributed by atoms with E-state index in [1.807, 2.05) is 74.4 Å². The first-order chi connectivity index (χ1) is 21.7. The number of aryl methyl sites for hydroxylation is 2. The standard InChI is InChI=1S/C34H42N6O4S/c1-25-10-8-20-36-33(25)27-11-4-5-12-28(27)34(44)37-19-7-6-18-35-29(41)16-14-26-15-17-32(45-26)40-23-22-39(24-31(40)43)30(42)13-9-21-38(2)3/h4-5,8-13,15,17,20H,6-7,14,16,18-19,21-24H2,1-3H3,(H,35,41)(H,37,44). The topological polar surface area (TPSA) is 115 Å². The van der Waals surface area contributed by atoms with Crippen LogP contribution in [0, 0.1) is 6.92 Å². The second-order valence-corrected chi connectivity index (χ2v) is 12.4. The Morgan fingerprint density at radius 2 is 1.78 bits per heavy atom. The first-order valence-corrected chi connectivity index (χ1v) is 16.1. The van der Waals surface area contributed by atoms with Crippen LogP contribution in [0.4, 0.5) is 5.00 Å². The van der Waals surface area contributed by atoms with E-state index in [2.05, 4.69) is 15.6 Å². The molecule has 1 aromatic carbocycles. The number of hydrogen-bond donors (Lipinski definition) is 2. The molecule has 4 rings (SSSR count). The number of rotatable bonds is 14. The summed E-state index contributed by atoms with van der Waals surface area (Å²) in [6.45, 7) is 4.68. The van der Waals surface area contributed by atoms with Gasteiger partial charge >= 0.3 is 0 Å². The lowest BCUT2D eigenvalue weighted by atomic mass is 10.0. The summed E-state index contributed by atoms with van der Waals surface area (Å²) < 4.78 is 0. The fraction of sp³-hybridized carbons (Fsp3) is 0.382. The number of likely N-dealkylation sites (N-methyl/N-ethyl adjacent to an activating group) is 1. The van der Waals surface area contributed by atoms with E-state index < -0.39 is 0 Å². The molecule has 2 aromatic heterocycles. The molecule has 4 amide bonds. The molecular weight excluding hydrogens is 588 g/mol. The molecule has 0 aliphatic carbocycles. The summed E-state index contributed by atoms with van der Waals surface area (Å²) in [5.74, 6) is -0.422. The molecule has 0 radical (unpaired) electrons. The normalized spacial score (nSPS) is 13.5. The fourth-order valence-electron chi connectivity index (χ4n) is 4.97. The molecule has 0 spiro atoms. The molecule has 0 unspecified atom stereocenters. The number of nitrogens with zero attached hydrogens (tertiary/aromatic N) is 4. The van der Waals surface area contributed by atoms with Gasteiger partial charge in [0.05, 0.1) is 10.7 Å². The highest BCUT2D eigenvalue weighted by Crippen LogP contribution is 2.28. The van der Waals surface area contributed by atoms with Crippen molar-refractivity contribution in [1.82, 2.24) is 25.4 Å². The Kier molecular flexibility index (Phi) is 12.4. The van der Waals surface area contributed by atoms with Gasteiger partial charge in [-0.15, -0.1) is 11.3 Å². The second kappa shape index (κ2) is 16.6. The van der Waals surface area contributed by atoms with E-state index in [1.54, 1.807) is 22.1 Å². The van der Waals surface area contributed by atoms with Crippen LogP contribution < -0.4 is 15.5 Å². The highest BCUT2D eigenvalue weighted by molar-refractivity contribution is 7.16. The van der Waals surface area contributed by atoms with Crippen molar-refractivity contribution in [2.75, 3.05) is 58.3 Å². The molecule has 238 valence electrons. The summed E-state index contributed by atoms with van der Waals surface area (Å²) in [5.41, 5.74) is 3.21. The zero-order valence-electron chi connectivity index (χ0n) is 26.3. The van der Waals surface area contributed by atoms with Crippen molar-refractivity contribution in [1.29, 1.82) is 0 Å². The number of aromatic nitrogens is 1. The predicted octanol–water partition coefficient (Wildman–Crippen LogP) is 3.67. The zero-order valence-corrected chi connectivity index (χ0v) is 27.1. The summed E-state index contributed by atoms with van der Waals surface area (Å²) >= 11 is 1.51. The molecule has 11 heteroatoms. The molecule has 3 heterocycles. The predicted molar refractivity (Wildman–Crippen MR) is 178 cm³/mol. The number of carbonyl (C=O) groups is 4. The number of hydrogen-bond acceptors (Lipinski definition) is 7. The van der Waals surface area contributed by atoms with Crippen molar-refractivity contribution in [3.8, 4) is 11.3 Å². The SMILES string of the molecule is Cc1cccnc1-c1ccccc1C(=O)NCCCCNC(=O)CCc1ccc(N2CCN(C(=O)C=CCN(C)C)CC2=O)s1. The molecule has 1 fully saturated rings. The van der Waals surface area contributed by atoms with E-state index in [-0.39, 0.29) is 30.2 Å². The van der Waals surface area contributed by atoms with Gasteiger partial charge in [-0.1, -0.05) is 30.3 Å². The Labute approximate surface area is 269 Å². The van der Waals surface area contributed by atoms with Gasteiger partial charge < -0.3 is 25.3 Å². The Hall–Kier alpha value is -4.35. The van der Waals surface area contributed by atoms with Gasteiger partial charge in [-0.25, -0.2) is 0 Å². The number of benzene rings is 1. The third-order valence-corrected chi connectivity index (χ3v) is 8.59. The van der Waals surface area contributed by atoms with Gasteiger partial charge in [0.15, 0.2) is 0 Å². The van der Waals surface area contributed by atoms with Crippen LogP contribution in [0.25, 0.3) is 11.3 Å². The summed E-state index contributed by atoms with van der Waals surface area (Å²) in [6, 6.07) is 15.2. The third kappa shape index (κ3) is 9.82. The molecule has 0 saturated carbocycles. The summed E-state index contributed by atoms with van der Waals surface area (Å²) in [7, 11) is 3.86. The molecule has 1 aliphatic heterocycles. The van der Waals surface area contributed by atoms with Crippen LogP contribution in [0.2, 0.25) is 0 Å². The summed E-state index contributed by atoms with van der Waals surface area (Å²) in [4.78, 5) is 61.2. The summed E-state index contributed by atoms with van der Waals surface area (Å²) in [5, 5.41) is 6.78. The Balaban J connectivity index is 1.12. The van der Waals surface area contributed by atoms with Crippen molar-refractivity contribution >= 4 is 40.0 Å². The van der Waals surface area contributed by atoms with Crippen LogP contribution in [0.15, 0.2) is 66.9 Å². The minimum absolute atomic E-state index is 0.0285. The first kappa shape index (κ1) is 33.5. The van der Waals surface area contributed by atoms with Crippen molar-refractivity contribution in [2.24, 2.45) is 0 Å². The van der Waals surface area contributed by atoms with Gasteiger partial charge in [-0.3, -0.25) is 24.2 Å². The smallest absolute Gasteiger partial charge is 0.251 e. The van der Waals surface area contributed by atoms with Gasteiger partial charge in [0.25, 0.3) is 5.91 Å². The number of thiophene rings is 1. The fourth-order valence-corrected chi connectivity index (χ4v) is 6.01. The number of amides is 4. The van der Waals surface area contributed by atoms with Crippen LogP contribution in [-0.4, -0.2) is 91.8 Å². The maximum Gasteiger partial charge on any atom is 0.251 e. The highest BCUT2D eigenvalue weighted by atomic mass is 32.1. The zero-order chi connectivity index (χ0) is 32.2. The molecule has 0 bridgehead atoms. The molecule has 10 nitrogen and oxygen atoms in total. The van der Waals surface area contributed by atoms with Crippen molar-refractivity contribution in [3.05, 3.63) is 82.9 Å². The molecule has 1 aliphatic rings. The van der Waals surface area contributed by atoms with E-state index in [0.717, 1.165) is 39.5 Å². The molecule has 1 saturated heterocycles. The Morgan fingerprint density at radius 1 is 1.00 bits per heavy atom. The summed E-state index contributed by atoms with van der Waals surface area (Å²) in [6.07, 6.45) is 7.49. The van der Waals surface area contributed by atoms with Gasteiger partial charge in [-0.05, 0) is 70.1 Å². The van der Waals surface area contributed by atoms with Gasteiger partial charge in [-0.2, -0.15) is 0 Å². The van der Waals surface area contributed by atoms with Crippen LogP contribution in [-0.2, 0) is 20.8 Å². The first-order valence-electron chi connectivity index (χ1n) is 15.3. The van der Waals surface area contributed by atoms with E-state index >= 15 is 0 Å². The lowest BCUT2D eigenvalue weighted by Crippen LogP contribution is -2.51. The molecule has 0 atom stereocenters. The van der Waals surface area contributed by atoms with Crippen LogP contribution in [0.1, 0.15) is 40.1 Å². The largest absolute Gasteiger partial charge is 0.356 e. The highest BCUT2D eigenvalue weighted by Gasteiger charge is 2.28. The van der Waals surface area contributed by atoms with E-state index in [9.17, 15) is 19.2 Å². The second-order valence-electron chi connectivity index (χ2n) is 11.2. The average Bonchev–Trinajstić information content (AvgIpc) is 3.50. The van der Waals surface area contributed by atoms with E-state index in [0.29, 0.717) is 51.1 Å². The lowest BCUT2D eigenvalue weighted by molar-refractivity contribution is -0.133.